The Balaban J connectivity index is 2.47. The maximum atomic E-state index is 12.7. The molecule has 0 spiro atoms. The summed E-state index contributed by atoms with van der Waals surface area (Å²) in [7, 11) is 0. The summed E-state index contributed by atoms with van der Waals surface area (Å²) in [5.41, 5.74) is -0.231. The Bertz CT molecular complexity index is 227. The molecule has 1 amide bonds. The van der Waals surface area contributed by atoms with Crippen LogP contribution in [0.4, 0.5) is 4.39 Å². The van der Waals surface area contributed by atoms with Crippen LogP contribution in [0.1, 0.15) is 33.1 Å². The quantitative estimate of drug-likeness (QED) is 0.689. The second-order valence-corrected chi connectivity index (χ2v) is 5.17. The van der Waals surface area contributed by atoms with E-state index in [2.05, 4.69) is 0 Å². The van der Waals surface area contributed by atoms with Gasteiger partial charge in [0.25, 0.3) is 0 Å². The minimum absolute atomic E-state index is 0.0000693. The first kappa shape index (κ1) is 12.8. The van der Waals surface area contributed by atoms with Gasteiger partial charge in [-0.2, -0.15) is 0 Å². The summed E-state index contributed by atoms with van der Waals surface area (Å²) in [6.07, 6.45) is 2.13. The fourth-order valence-electron chi connectivity index (χ4n) is 1.77. The number of amides is 1. The number of rotatable bonds is 3. The summed E-state index contributed by atoms with van der Waals surface area (Å²) in [5.74, 6) is 0.0000693. The molecule has 0 radical (unpaired) electrons. The van der Waals surface area contributed by atoms with Gasteiger partial charge in [-0.25, -0.2) is 0 Å². The lowest BCUT2D eigenvalue weighted by Crippen LogP contribution is -2.45. The molecule has 1 rings (SSSR count). The van der Waals surface area contributed by atoms with Crippen molar-refractivity contribution in [3.05, 3.63) is 0 Å². The molecule has 1 aliphatic heterocycles. The van der Waals surface area contributed by atoms with Crippen LogP contribution in [-0.4, -0.2) is 35.9 Å². The van der Waals surface area contributed by atoms with Crippen LogP contribution < -0.4 is 0 Å². The number of carbonyl (C=O) groups excluding carboxylic acids is 1. The Morgan fingerprint density at radius 1 is 1.53 bits per heavy atom. The minimum atomic E-state index is -0.417. The summed E-state index contributed by atoms with van der Waals surface area (Å²) in [5, 5.41) is -0.417. The van der Waals surface area contributed by atoms with Gasteiger partial charge in [0.2, 0.25) is 5.91 Å². The van der Waals surface area contributed by atoms with Crippen LogP contribution in [0.3, 0.4) is 0 Å². The van der Waals surface area contributed by atoms with Gasteiger partial charge in [0, 0.05) is 13.1 Å². The highest BCUT2D eigenvalue weighted by molar-refractivity contribution is 6.30. The van der Waals surface area contributed by atoms with E-state index in [1.807, 2.05) is 13.8 Å². The second-order valence-electron chi connectivity index (χ2n) is 4.65. The number of nitrogens with zero attached hydrogens (tertiary/aromatic N) is 1. The zero-order chi connectivity index (χ0) is 11.5. The summed E-state index contributed by atoms with van der Waals surface area (Å²) in [6.45, 7) is 4.82. The first-order valence-electron chi connectivity index (χ1n) is 5.51. The van der Waals surface area contributed by atoms with Crippen LogP contribution in [0.2, 0.25) is 0 Å². The highest BCUT2D eigenvalue weighted by atomic mass is 35.5. The van der Waals surface area contributed by atoms with Crippen LogP contribution >= 0.6 is 11.6 Å². The summed E-state index contributed by atoms with van der Waals surface area (Å²) in [4.78, 5) is 13.5. The van der Waals surface area contributed by atoms with E-state index >= 15 is 0 Å². The number of hydrogen-bond donors (Lipinski definition) is 0. The molecular weight excluding hydrogens is 217 g/mol. The molecule has 0 bridgehead atoms. The van der Waals surface area contributed by atoms with Gasteiger partial charge in [-0.15, -0.1) is 11.6 Å². The van der Waals surface area contributed by atoms with Crippen molar-refractivity contribution in [2.45, 2.75) is 38.5 Å². The van der Waals surface area contributed by atoms with Crippen LogP contribution in [0.15, 0.2) is 0 Å². The third kappa shape index (κ3) is 3.07. The van der Waals surface area contributed by atoms with Crippen molar-refractivity contribution in [1.82, 2.24) is 4.90 Å². The molecule has 0 aromatic carbocycles. The molecule has 1 aliphatic rings. The number of carbonyl (C=O) groups is 1. The third-order valence-electron chi connectivity index (χ3n) is 3.23. The Labute approximate surface area is 95.8 Å². The topological polar surface area (TPSA) is 20.3 Å². The molecule has 1 atom stereocenters. The Kier molecular flexibility index (Phi) is 4.38. The average Bonchev–Trinajstić information content (AvgIpc) is 2.28. The van der Waals surface area contributed by atoms with Crippen molar-refractivity contribution in [3.8, 4) is 0 Å². The maximum Gasteiger partial charge on any atom is 0.240 e. The van der Waals surface area contributed by atoms with E-state index < -0.39 is 5.38 Å². The van der Waals surface area contributed by atoms with E-state index in [9.17, 15) is 9.18 Å². The smallest absolute Gasteiger partial charge is 0.240 e. The van der Waals surface area contributed by atoms with Crippen LogP contribution in [0, 0.1) is 5.41 Å². The molecule has 0 saturated carbocycles. The summed E-state index contributed by atoms with van der Waals surface area (Å²) < 4.78 is 12.7. The number of halogens is 2. The van der Waals surface area contributed by atoms with E-state index in [1.165, 1.54) is 0 Å². The van der Waals surface area contributed by atoms with Crippen molar-refractivity contribution in [3.63, 3.8) is 0 Å². The highest BCUT2D eigenvalue weighted by Gasteiger charge is 2.33. The highest BCUT2D eigenvalue weighted by Crippen LogP contribution is 2.31. The van der Waals surface area contributed by atoms with Gasteiger partial charge < -0.3 is 4.90 Å². The molecule has 15 heavy (non-hydrogen) atoms. The second kappa shape index (κ2) is 5.15. The lowest BCUT2D eigenvalue weighted by molar-refractivity contribution is -0.133. The van der Waals surface area contributed by atoms with Gasteiger partial charge in [-0.3, -0.25) is 9.18 Å². The van der Waals surface area contributed by atoms with E-state index in [0.29, 0.717) is 19.5 Å². The van der Waals surface area contributed by atoms with Gasteiger partial charge in [0.05, 0.1) is 6.67 Å². The fraction of sp³-hybridized carbons (Fsp3) is 0.909. The Hall–Kier alpha value is -0.310. The number of alkyl halides is 2. The van der Waals surface area contributed by atoms with E-state index in [1.54, 1.807) is 4.90 Å². The van der Waals surface area contributed by atoms with E-state index in [-0.39, 0.29) is 18.0 Å². The van der Waals surface area contributed by atoms with Crippen molar-refractivity contribution in [2.24, 2.45) is 5.41 Å². The van der Waals surface area contributed by atoms with Crippen molar-refractivity contribution >= 4 is 17.5 Å². The summed E-state index contributed by atoms with van der Waals surface area (Å²) in [6, 6.07) is 0. The molecular formula is C11H19ClFNO. The maximum absolute atomic E-state index is 12.7. The first-order chi connectivity index (χ1) is 7.02. The van der Waals surface area contributed by atoms with Gasteiger partial charge in [0.1, 0.15) is 5.38 Å². The molecule has 1 heterocycles. The van der Waals surface area contributed by atoms with Crippen molar-refractivity contribution < 1.29 is 9.18 Å². The van der Waals surface area contributed by atoms with Gasteiger partial charge in [-0.05, 0) is 24.7 Å². The molecule has 0 aromatic rings. The predicted molar refractivity (Wildman–Crippen MR) is 59.8 cm³/mol. The summed E-state index contributed by atoms with van der Waals surface area (Å²) >= 11 is 5.89. The van der Waals surface area contributed by atoms with Crippen LogP contribution in [0.25, 0.3) is 0 Å². The average molecular weight is 236 g/mol. The molecule has 4 heteroatoms. The van der Waals surface area contributed by atoms with Gasteiger partial charge >= 0.3 is 0 Å². The Morgan fingerprint density at radius 3 is 2.47 bits per heavy atom. The van der Waals surface area contributed by atoms with Crippen molar-refractivity contribution in [2.75, 3.05) is 19.8 Å². The standard InChI is InChI=1S/C11H19ClFNO/c1-3-9(12)10(15)14-6-4-11(2,8-13)5-7-14/h9H,3-8H2,1-2H3/t9-/m1/s1. The van der Waals surface area contributed by atoms with Crippen LogP contribution in [0.5, 0.6) is 0 Å². The van der Waals surface area contributed by atoms with E-state index in [4.69, 9.17) is 11.6 Å². The first-order valence-corrected chi connectivity index (χ1v) is 5.95. The normalized spacial score (nSPS) is 22.5. The molecule has 0 aliphatic carbocycles. The monoisotopic (exact) mass is 235 g/mol. The van der Waals surface area contributed by atoms with Gasteiger partial charge in [0.15, 0.2) is 0 Å². The molecule has 2 nitrogen and oxygen atoms in total. The van der Waals surface area contributed by atoms with Crippen molar-refractivity contribution in [1.29, 1.82) is 0 Å². The molecule has 0 N–H and O–H groups in total. The lowest BCUT2D eigenvalue weighted by Gasteiger charge is -2.38. The molecule has 88 valence electrons. The number of hydrogen-bond acceptors (Lipinski definition) is 1. The zero-order valence-electron chi connectivity index (χ0n) is 9.43. The van der Waals surface area contributed by atoms with E-state index in [0.717, 1.165) is 12.8 Å². The Morgan fingerprint density at radius 2 is 2.07 bits per heavy atom. The minimum Gasteiger partial charge on any atom is -0.341 e. The lowest BCUT2D eigenvalue weighted by atomic mass is 9.82. The number of likely N-dealkylation sites (tertiary alicyclic amines) is 1. The third-order valence-corrected chi connectivity index (χ3v) is 3.73. The molecule has 0 unspecified atom stereocenters. The van der Waals surface area contributed by atoms with Crippen LogP contribution in [-0.2, 0) is 4.79 Å². The SMILES string of the molecule is CC[C@@H](Cl)C(=O)N1CCC(C)(CF)CC1. The molecule has 0 aromatic heterocycles. The van der Waals surface area contributed by atoms with Gasteiger partial charge in [-0.1, -0.05) is 13.8 Å². The number of piperidine rings is 1. The molecule has 1 saturated heterocycles. The largest absolute Gasteiger partial charge is 0.341 e. The predicted octanol–water partition coefficient (Wildman–Crippen LogP) is 2.60. The zero-order valence-corrected chi connectivity index (χ0v) is 10.2. The fourth-order valence-corrected chi connectivity index (χ4v) is 1.91. The molecule has 1 fully saturated rings.